The number of nitrogens with one attached hydrogen (secondary N) is 1. The van der Waals surface area contributed by atoms with Crippen molar-refractivity contribution < 1.29 is 4.79 Å². The Labute approximate surface area is 137 Å². The summed E-state index contributed by atoms with van der Waals surface area (Å²) in [5.74, 6) is -0.174. The molecule has 3 aromatic rings. The molecule has 3 rings (SSSR count). The second kappa shape index (κ2) is 6.02. The lowest BCUT2D eigenvalue weighted by Crippen LogP contribution is -2.13. The summed E-state index contributed by atoms with van der Waals surface area (Å²) in [7, 11) is 0. The SMILES string of the molecule is O=C(Nc1ccccc1I)c1csc(-c2ccsc2)n1. The summed E-state index contributed by atoms with van der Waals surface area (Å²) < 4.78 is 1.01. The first kappa shape index (κ1) is 13.7. The van der Waals surface area contributed by atoms with Crippen LogP contribution in [-0.2, 0) is 0 Å². The van der Waals surface area contributed by atoms with Gasteiger partial charge in [-0.15, -0.1) is 11.3 Å². The van der Waals surface area contributed by atoms with Crippen LogP contribution in [0.1, 0.15) is 10.5 Å². The third-order valence-corrected chi connectivity index (χ3v) is 5.14. The summed E-state index contributed by atoms with van der Waals surface area (Å²) >= 11 is 5.30. The van der Waals surface area contributed by atoms with Crippen LogP contribution in [0.5, 0.6) is 0 Å². The second-order valence-electron chi connectivity index (χ2n) is 3.98. The van der Waals surface area contributed by atoms with Gasteiger partial charge in [0, 0.05) is 19.9 Å². The maximum Gasteiger partial charge on any atom is 0.275 e. The van der Waals surface area contributed by atoms with E-state index in [1.165, 1.54) is 11.3 Å². The normalized spacial score (nSPS) is 10.4. The highest BCUT2D eigenvalue weighted by molar-refractivity contribution is 14.1. The predicted molar refractivity (Wildman–Crippen MR) is 92.5 cm³/mol. The molecular weight excluding hydrogens is 403 g/mol. The highest BCUT2D eigenvalue weighted by Gasteiger charge is 2.13. The molecule has 0 saturated carbocycles. The summed E-state index contributed by atoms with van der Waals surface area (Å²) in [6, 6.07) is 9.68. The van der Waals surface area contributed by atoms with Crippen LogP contribution in [0.15, 0.2) is 46.5 Å². The van der Waals surface area contributed by atoms with Gasteiger partial charge in [-0.1, -0.05) is 12.1 Å². The van der Waals surface area contributed by atoms with E-state index in [9.17, 15) is 4.79 Å². The molecule has 1 amide bonds. The molecule has 6 heteroatoms. The molecule has 0 fully saturated rings. The fourth-order valence-corrected chi connectivity index (χ4v) is 3.68. The van der Waals surface area contributed by atoms with Gasteiger partial charge in [0.1, 0.15) is 10.7 Å². The molecule has 1 N–H and O–H groups in total. The zero-order valence-electron chi connectivity index (χ0n) is 10.2. The molecule has 0 aliphatic rings. The number of thiophene rings is 1. The summed E-state index contributed by atoms with van der Waals surface area (Å²) in [5, 5.41) is 9.58. The van der Waals surface area contributed by atoms with Crippen molar-refractivity contribution >= 4 is 56.9 Å². The molecule has 0 saturated heterocycles. The standard InChI is InChI=1S/C14H9IN2OS2/c15-10-3-1-2-4-11(10)16-13(18)12-8-20-14(17-12)9-5-6-19-7-9/h1-8H,(H,16,18). The van der Waals surface area contributed by atoms with E-state index in [0.29, 0.717) is 5.69 Å². The van der Waals surface area contributed by atoms with E-state index in [1.807, 2.05) is 41.1 Å². The Balaban J connectivity index is 1.80. The molecule has 0 atom stereocenters. The molecule has 0 radical (unpaired) electrons. The topological polar surface area (TPSA) is 42.0 Å². The van der Waals surface area contributed by atoms with E-state index < -0.39 is 0 Å². The summed E-state index contributed by atoms with van der Waals surface area (Å²) in [4.78, 5) is 16.6. The van der Waals surface area contributed by atoms with Crippen LogP contribution in [0.25, 0.3) is 10.6 Å². The van der Waals surface area contributed by atoms with Gasteiger partial charge in [0.2, 0.25) is 0 Å². The zero-order chi connectivity index (χ0) is 13.9. The number of rotatable bonds is 3. The number of amides is 1. The first-order valence-electron chi connectivity index (χ1n) is 5.78. The summed E-state index contributed by atoms with van der Waals surface area (Å²) in [6.45, 7) is 0. The maximum atomic E-state index is 12.2. The number of nitrogens with zero attached hydrogens (tertiary/aromatic N) is 1. The largest absolute Gasteiger partial charge is 0.320 e. The van der Waals surface area contributed by atoms with Crippen molar-refractivity contribution in [3.05, 3.63) is 55.7 Å². The van der Waals surface area contributed by atoms with Crippen molar-refractivity contribution in [2.45, 2.75) is 0 Å². The van der Waals surface area contributed by atoms with Gasteiger partial charge in [-0.25, -0.2) is 4.98 Å². The fraction of sp³-hybridized carbons (Fsp3) is 0. The average Bonchev–Trinajstić information content (AvgIpc) is 3.11. The second-order valence-corrected chi connectivity index (χ2v) is 6.78. The van der Waals surface area contributed by atoms with Gasteiger partial charge in [0.25, 0.3) is 5.91 Å². The lowest BCUT2D eigenvalue weighted by Gasteiger charge is -2.04. The number of carbonyl (C=O) groups is 1. The summed E-state index contributed by atoms with van der Waals surface area (Å²) in [5.41, 5.74) is 2.33. The molecule has 0 spiro atoms. The van der Waals surface area contributed by atoms with Gasteiger partial charge in [0.05, 0.1) is 5.69 Å². The van der Waals surface area contributed by atoms with Gasteiger partial charge >= 0.3 is 0 Å². The smallest absolute Gasteiger partial charge is 0.275 e. The van der Waals surface area contributed by atoms with Crippen LogP contribution in [0.3, 0.4) is 0 Å². The van der Waals surface area contributed by atoms with Crippen LogP contribution < -0.4 is 5.32 Å². The number of para-hydroxylation sites is 1. The van der Waals surface area contributed by atoms with Gasteiger partial charge in [0.15, 0.2) is 0 Å². The van der Waals surface area contributed by atoms with E-state index in [0.717, 1.165) is 19.8 Å². The highest BCUT2D eigenvalue weighted by Crippen LogP contribution is 2.26. The molecule has 0 unspecified atom stereocenters. The Morgan fingerprint density at radius 3 is 2.80 bits per heavy atom. The Bertz CT molecular complexity index is 737. The van der Waals surface area contributed by atoms with Crippen molar-refractivity contribution in [1.82, 2.24) is 4.98 Å². The molecule has 0 aliphatic carbocycles. The molecule has 3 nitrogen and oxygen atoms in total. The number of aromatic nitrogens is 1. The number of halogens is 1. The number of hydrogen-bond acceptors (Lipinski definition) is 4. The van der Waals surface area contributed by atoms with Crippen LogP contribution >= 0.6 is 45.3 Å². The van der Waals surface area contributed by atoms with E-state index in [4.69, 9.17) is 0 Å². The number of anilines is 1. The molecule has 2 aromatic heterocycles. The fourth-order valence-electron chi connectivity index (χ4n) is 1.65. The van der Waals surface area contributed by atoms with Crippen molar-refractivity contribution in [2.24, 2.45) is 0 Å². The van der Waals surface area contributed by atoms with E-state index in [1.54, 1.807) is 16.7 Å². The maximum absolute atomic E-state index is 12.2. The number of benzene rings is 1. The number of carbonyl (C=O) groups excluding carboxylic acids is 1. The predicted octanol–water partition coefficient (Wildman–Crippen LogP) is 4.73. The minimum Gasteiger partial charge on any atom is -0.320 e. The van der Waals surface area contributed by atoms with Gasteiger partial charge in [-0.05, 0) is 46.2 Å². The van der Waals surface area contributed by atoms with Crippen molar-refractivity contribution in [2.75, 3.05) is 5.32 Å². The van der Waals surface area contributed by atoms with Gasteiger partial charge < -0.3 is 5.32 Å². The summed E-state index contributed by atoms with van der Waals surface area (Å²) in [6.07, 6.45) is 0. The number of hydrogen-bond donors (Lipinski definition) is 1. The van der Waals surface area contributed by atoms with Crippen LogP contribution in [-0.4, -0.2) is 10.9 Å². The van der Waals surface area contributed by atoms with Crippen molar-refractivity contribution in [1.29, 1.82) is 0 Å². The molecule has 100 valence electrons. The quantitative estimate of drug-likeness (QED) is 0.633. The molecule has 20 heavy (non-hydrogen) atoms. The van der Waals surface area contributed by atoms with Crippen LogP contribution in [0.2, 0.25) is 0 Å². The van der Waals surface area contributed by atoms with Crippen LogP contribution in [0.4, 0.5) is 5.69 Å². The van der Waals surface area contributed by atoms with E-state index >= 15 is 0 Å². The lowest BCUT2D eigenvalue weighted by molar-refractivity contribution is 0.102. The average molecular weight is 412 g/mol. The molecular formula is C14H9IN2OS2. The van der Waals surface area contributed by atoms with Gasteiger partial charge in [-0.3, -0.25) is 4.79 Å². The third kappa shape index (κ3) is 2.92. The van der Waals surface area contributed by atoms with E-state index in [-0.39, 0.29) is 5.91 Å². The first-order valence-corrected chi connectivity index (χ1v) is 8.68. The Kier molecular flexibility index (Phi) is 4.13. The van der Waals surface area contributed by atoms with Crippen molar-refractivity contribution in [3.8, 4) is 10.6 Å². The minimum absolute atomic E-state index is 0.174. The lowest BCUT2D eigenvalue weighted by atomic mass is 10.3. The minimum atomic E-state index is -0.174. The van der Waals surface area contributed by atoms with E-state index in [2.05, 4.69) is 32.9 Å². The Morgan fingerprint density at radius 1 is 1.20 bits per heavy atom. The van der Waals surface area contributed by atoms with Crippen LogP contribution in [0, 0.1) is 3.57 Å². The van der Waals surface area contributed by atoms with Gasteiger partial charge in [-0.2, -0.15) is 11.3 Å². The molecule has 1 aromatic carbocycles. The highest BCUT2D eigenvalue weighted by atomic mass is 127. The number of thiazole rings is 1. The molecule has 0 aliphatic heterocycles. The third-order valence-electron chi connectivity index (χ3n) is 2.63. The first-order chi connectivity index (χ1) is 9.74. The van der Waals surface area contributed by atoms with Crippen molar-refractivity contribution in [3.63, 3.8) is 0 Å². The Morgan fingerprint density at radius 2 is 2.05 bits per heavy atom. The monoisotopic (exact) mass is 412 g/mol. The Hall–Kier alpha value is -1.25. The molecule has 0 bridgehead atoms. The zero-order valence-corrected chi connectivity index (χ0v) is 14.0. The molecule has 2 heterocycles.